The fourth-order valence-corrected chi connectivity index (χ4v) is 5.54. The summed E-state index contributed by atoms with van der Waals surface area (Å²) >= 11 is 6.00. The molecule has 1 saturated heterocycles. The number of benzene rings is 2. The van der Waals surface area contributed by atoms with Gasteiger partial charge in [-0.05, 0) is 80.8 Å². The van der Waals surface area contributed by atoms with E-state index in [0.29, 0.717) is 35.3 Å². The number of carbonyl (C=O) groups excluding carboxylic acids is 2. The largest absolute Gasteiger partial charge is 0.326 e. The van der Waals surface area contributed by atoms with E-state index in [-0.39, 0.29) is 11.9 Å². The number of halogens is 1. The SMILES string of the molecule is Cc1ccc(N(CCCN2CC3=CN(C(=O)c4c(C)ccnc4C)C[C@@H]3C2)C(=O)Nc2ccc(Cl)cc2)cc1. The summed E-state index contributed by atoms with van der Waals surface area (Å²) in [4.78, 5) is 36.8. The zero-order valence-electron chi connectivity index (χ0n) is 22.7. The molecule has 0 spiro atoms. The number of amides is 3. The van der Waals surface area contributed by atoms with Gasteiger partial charge in [0.05, 0.1) is 11.3 Å². The van der Waals surface area contributed by atoms with Crippen molar-refractivity contribution in [3.63, 3.8) is 0 Å². The van der Waals surface area contributed by atoms with Crippen LogP contribution in [0.25, 0.3) is 0 Å². The van der Waals surface area contributed by atoms with E-state index in [0.717, 1.165) is 48.6 Å². The van der Waals surface area contributed by atoms with Gasteiger partial charge in [0.1, 0.15) is 0 Å². The Bertz CT molecular complexity index is 1370. The molecule has 0 bridgehead atoms. The van der Waals surface area contributed by atoms with E-state index in [2.05, 4.69) is 15.2 Å². The highest BCUT2D eigenvalue weighted by Crippen LogP contribution is 2.31. The summed E-state index contributed by atoms with van der Waals surface area (Å²) in [7, 11) is 0. The number of nitrogens with one attached hydrogen (secondary N) is 1. The molecule has 2 aliphatic rings. The molecule has 2 aromatic carbocycles. The zero-order chi connectivity index (χ0) is 27.5. The number of pyridine rings is 1. The quantitative estimate of drug-likeness (QED) is 0.393. The van der Waals surface area contributed by atoms with Gasteiger partial charge in [-0.25, -0.2) is 4.79 Å². The van der Waals surface area contributed by atoms with Crippen LogP contribution in [0.1, 0.15) is 33.6 Å². The van der Waals surface area contributed by atoms with E-state index in [1.807, 2.05) is 62.2 Å². The highest BCUT2D eigenvalue weighted by Gasteiger charge is 2.36. The molecule has 0 aliphatic carbocycles. The smallest absolute Gasteiger partial charge is 0.314 e. The number of nitrogens with zero attached hydrogens (tertiary/aromatic N) is 4. The van der Waals surface area contributed by atoms with Gasteiger partial charge in [0, 0.05) is 67.4 Å². The number of urea groups is 1. The van der Waals surface area contributed by atoms with E-state index in [4.69, 9.17) is 11.6 Å². The molecule has 2 aliphatic heterocycles. The third-order valence-corrected chi connectivity index (χ3v) is 7.77. The van der Waals surface area contributed by atoms with Gasteiger partial charge in [-0.1, -0.05) is 29.3 Å². The van der Waals surface area contributed by atoms with Crippen molar-refractivity contribution in [1.29, 1.82) is 0 Å². The summed E-state index contributed by atoms with van der Waals surface area (Å²) in [5, 5.41) is 3.62. The molecule has 7 nitrogen and oxygen atoms in total. The van der Waals surface area contributed by atoms with Crippen LogP contribution in [0.2, 0.25) is 5.02 Å². The van der Waals surface area contributed by atoms with Gasteiger partial charge < -0.3 is 10.2 Å². The first-order chi connectivity index (χ1) is 18.8. The molecule has 8 heteroatoms. The normalized spacial score (nSPS) is 16.7. The Morgan fingerprint density at radius 3 is 2.46 bits per heavy atom. The van der Waals surface area contributed by atoms with Crippen molar-refractivity contribution < 1.29 is 9.59 Å². The molecule has 3 heterocycles. The van der Waals surface area contributed by atoms with Crippen LogP contribution in [-0.4, -0.2) is 59.4 Å². The minimum atomic E-state index is -0.169. The Labute approximate surface area is 235 Å². The van der Waals surface area contributed by atoms with Crippen LogP contribution in [0.15, 0.2) is 72.6 Å². The van der Waals surface area contributed by atoms with Gasteiger partial charge in [-0.2, -0.15) is 0 Å². The van der Waals surface area contributed by atoms with Crippen LogP contribution in [0, 0.1) is 26.7 Å². The van der Waals surface area contributed by atoms with E-state index in [1.54, 1.807) is 35.4 Å². The third kappa shape index (κ3) is 6.15. The van der Waals surface area contributed by atoms with Crippen molar-refractivity contribution in [2.75, 3.05) is 42.9 Å². The van der Waals surface area contributed by atoms with Crippen molar-refractivity contribution in [2.24, 2.45) is 5.92 Å². The molecule has 39 heavy (non-hydrogen) atoms. The zero-order valence-corrected chi connectivity index (χ0v) is 23.4. The Morgan fingerprint density at radius 1 is 1.03 bits per heavy atom. The molecular formula is C31H34ClN5O2. The monoisotopic (exact) mass is 543 g/mol. The van der Waals surface area contributed by atoms with E-state index >= 15 is 0 Å². The van der Waals surface area contributed by atoms with Gasteiger partial charge in [0.15, 0.2) is 0 Å². The van der Waals surface area contributed by atoms with Crippen molar-refractivity contribution in [2.45, 2.75) is 27.2 Å². The Morgan fingerprint density at radius 2 is 1.77 bits per heavy atom. The Hall–Kier alpha value is -3.68. The molecule has 1 atom stereocenters. The maximum atomic E-state index is 13.3. The Kier molecular flexibility index (Phi) is 8.00. The molecule has 1 fully saturated rings. The summed E-state index contributed by atoms with van der Waals surface area (Å²) < 4.78 is 0. The number of carbonyl (C=O) groups is 2. The van der Waals surface area contributed by atoms with Crippen LogP contribution < -0.4 is 10.2 Å². The first kappa shape index (κ1) is 26.9. The Balaban J connectivity index is 1.19. The molecule has 1 aromatic heterocycles. The van der Waals surface area contributed by atoms with Crippen molar-refractivity contribution in [1.82, 2.24) is 14.8 Å². The van der Waals surface area contributed by atoms with Crippen molar-refractivity contribution >= 4 is 34.9 Å². The predicted octanol–water partition coefficient (Wildman–Crippen LogP) is 6.06. The standard InChI is InChI=1S/C31H34ClN5O2/c1-21-5-11-28(12-6-21)37(31(39)34-27-9-7-26(32)8-10-27)16-4-15-35-17-24-19-36(20-25(24)18-35)30(38)29-22(2)13-14-33-23(29)3/h5-14,19,25H,4,15-18,20H2,1-3H3,(H,34,39)/t25-/m0/s1. The molecule has 5 rings (SSSR count). The molecule has 1 N–H and O–H groups in total. The summed E-state index contributed by atoms with van der Waals surface area (Å²) in [6.07, 6.45) is 4.62. The van der Waals surface area contributed by atoms with Crippen LogP contribution in [0.5, 0.6) is 0 Å². The van der Waals surface area contributed by atoms with E-state index in [1.165, 1.54) is 5.57 Å². The van der Waals surface area contributed by atoms with Gasteiger partial charge in [-0.3, -0.25) is 19.6 Å². The molecule has 0 saturated carbocycles. The first-order valence-corrected chi connectivity index (χ1v) is 13.7. The van der Waals surface area contributed by atoms with Crippen LogP contribution in [-0.2, 0) is 0 Å². The van der Waals surface area contributed by atoms with Crippen LogP contribution in [0.4, 0.5) is 16.2 Å². The number of anilines is 2. The second kappa shape index (κ2) is 11.6. The third-order valence-electron chi connectivity index (χ3n) is 7.51. The van der Waals surface area contributed by atoms with Gasteiger partial charge in [0.2, 0.25) is 0 Å². The summed E-state index contributed by atoms with van der Waals surface area (Å²) in [6.45, 7) is 9.83. The fraction of sp³-hybridized carbons (Fsp3) is 0.323. The average molecular weight is 544 g/mol. The highest BCUT2D eigenvalue weighted by molar-refractivity contribution is 6.30. The van der Waals surface area contributed by atoms with Gasteiger partial charge in [0.25, 0.3) is 5.91 Å². The van der Waals surface area contributed by atoms with Gasteiger partial charge in [-0.15, -0.1) is 0 Å². The maximum Gasteiger partial charge on any atom is 0.326 e. The second-order valence-electron chi connectivity index (χ2n) is 10.5. The lowest BCUT2D eigenvalue weighted by Gasteiger charge is -2.25. The second-order valence-corrected chi connectivity index (χ2v) is 10.9. The number of hydrogen-bond acceptors (Lipinski definition) is 4. The number of aromatic nitrogens is 1. The number of likely N-dealkylation sites (tertiary alicyclic amines) is 1. The average Bonchev–Trinajstić information content (AvgIpc) is 3.48. The highest BCUT2D eigenvalue weighted by atomic mass is 35.5. The topological polar surface area (TPSA) is 68.8 Å². The minimum absolute atomic E-state index is 0.0342. The maximum absolute atomic E-state index is 13.3. The molecule has 0 unspecified atom stereocenters. The summed E-state index contributed by atoms with van der Waals surface area (Å²) in [6, 6.07) is 16.9. The number of fused-ring (bicyclic) bond motifs is 1. The first-order valence-electron chi connectivity index (χ1n) is 13.4. The molecular weight excluding hydrogens is 510 g/mol. The molecule has 202 valence electrons. The predicted molar refractivity (Wildman–Crippen MR) is 156 cm³/mol. The fourth-order valence-electron chi connectivity index (χ4n) is 5.41. The molecule has 0 radical (unpaired) electrons. The van der Waals surface area contributed by atoms with E-state index < -0.39 is 0 Å². The lowest BCUT2D eigenvalue weighted by molar-refractivity contribution is 0.0818. The number of aryl methyl sites for hydroxylation is 3. The van der Waals surface area contributed by atoms with Crippen molar-refractivity contribution in [3.8, 4) is 0 Å². The molecule has 3 aromatic rings. The van der Waals surface area contributed by atoms with Crippen LogP contribution >= 0.6 is 11.6 Å². The van der Waals surface area contributed by atoms with E-state index in [9.17, 15) is 9.59 Å². The number of rotatable bonds is 7. The summed E-state index contributed by atoms with van der Waals surface area (Å²) in [5.41, 5.74) is 6.46. The minimum Gasteiger partial charge on any atom is -0.314 e. The summed E-state index contributed by atoms with van der Waals surface area (Å²) in [5.74, 6) is 0.389. The lowest BCUT2D eigenvalue weighted by atomic mass is 10.1. The lowest BCUT2D eigenvalue weighted by Crippen LogP contribution is -2.37. The van der Waals surface area contributed by atoms with Crippen molar-refractivity contribution in [3.05, 3.63) is 100.0 Å². The van der Waals surface area contributed by atoms with Crippen LogP contribution in [0.3, 0.4) is 0 Å². The molecule has 3 amide bonds. The van der Waals surface area contributed by atoms with Gasteiger partial charge >= 0.3 is 6.03 Å². The number of hydrogen-bond donors (Lipinski definition) is 1.